The summed E-state index contributed by atoms with van der Waals surface area (Å²) in [6.07, 6.45) is 0. The van der Waals surface area contributed by atoms with Crippen LogP contribution in [0.3, 0.4) is 0 Å². The van der Waals surface area contributed by atoms with E-state index in [-0.39, 0.29) is 0 Å². The summed E-state index contributed by atoms with van der Waals surface area (Å²) >= 11 is 0. The molecule has 17 heavy (non-hydrogen) atoms. The first kappa shape index (κ1) is 14.2. The van der Waals surface area contributed by atoms with Gasteiger partial charge in [-0.3, -0.25) is 0 Å². The summed E-state index contributed by atoms with van der Waals surface area (Å²) in [6, 6.07) is 8.44. The molecule has 0 aliphatic heterocycles. The molecule has 0 aliphatic carbocycles. The maximum atomic E-state index is 11.9. The molecule has 0 heterocycles. The molecule has 0 amide bonds. The molecule has 5 heteroatoms. The molecule has 0 fully saturated rings. The Labute approximate surface area is 104 Å². The van der Waals surface area contributed by atoms with Crippen LogP contribution < -0.4 is 4.72 Å². The second kappa shape index (κ2) is 6.74. The Bertz CT molecular complexity index is 413. The van der Waals surface area contributed by atoms with Gasteiger partial charge in [0.1, 0.15) is 0 Å². The van der Waals surface area contributed by atoms with Crippen LogP contribution >= 0.6 is 0 Å². The standard InChI is InChI=1S/C12H20N2O2S/c1-3-14(4-2)11-10-13-17(15,16)12-8-6-5-7-9-12/h5-9,13H,3-4,10-11H2,1-2H3. The van der Waals surface area contributed by atoms with Crippen molar-refractivity contribution in [3.63, 3.8) is 0 Å². The second-order valence-corrected chi connectivity index (χ2v) is 5.50. The Morgan fingerprint density at radius 3 is 2.24 bits per heavy atom. The van der Waals surface area contributed by atoms with Crippen molar-refractivity contribution in [3.05, 3.63) is 30.3 Å². The lowest BCUT2D eigenvalue weighted by Crippen LogP contribution is -2.34. The first-order valence-electron chi connectivity index (χ1n) is 5.87. The Morgan fingerprint density at radius 2 is 1.71 bits per heavy atom. The number of likely N-dealkylation sites (N-methyl/N-ethyl adjacent to an activating group) is 1. The van der Waals surface area contributed by atoms with E-state index in [9.17, 15) is 8.42 Å². The van der Waals surface area contributed by atoms with Crippen molar-refractivity contribution >= 4 is 10.0 Å². The van der Waals surface area contributed by atoms with Crippen LogP contribution in [0.5, 0.6) is 0 Å². The fourth-order valence-electron chi connectivity index (χ4n) is 1.56. The molecule has 1 N–H and O–H groups in total. The van der Waals surface area contributed by atoms with Crippen LogP contribution in [0.2, 0.25) is 0 Å². The summed E-state index contributed by atoms with van der Waals surface area (Å²) in [4.78, 5) is 2.49. The van der Waals surface area contributed by atoms with Gasteiger partial charge in [0.05, 0.1) is 4.90 Å². The van der Waals surface area contributed by atoms with Gasteiger partial charge >= 0.3 is 0 Å². The van der Waals surface area contributed by atoms with E-state index in [4.69, 9.17) is 0 Å². The third-order valence-electron chi connectivity index (χ3n) is 2.67. The van der Waals surface area contributed by atoms with Crippen molar-refractivity contribution in [1.82, 2.24) is 9.62 Å². The zero-order valence-corrected chi connectivity index (χ0v) is 11.2. The number of nitrogens with zero attached hydrogens (tertiary/aromatic N) is 1. The van der Waals surface area contributed by atoms with Gasteiger partial charge in [0.15, 0.2) is 0 Å². The second-order valence-electron chi connectivity index (χ2n) is 3.74. The maximum Gasteiger partial charge on any atom is 0.240 e. The quantitative estimate of drug-likeness (QED) is 0.800. The first-order chi connectivity index (χ1) is 8.10. The first-order valence-corrected chi connectivity index (χ1v) is 7.35. The van der Waals surface area contributed by atoms with E-state index >= 15 is 0 Å². The summed E-state index contributed by atoms with van der Waals surface area (Å²) in [6.45, 7) is 7.18. The number of hydrogen-bond donors (Lipinski definition) is 1. The molecule has 96 valence electrons. The van der Waals surface area contributed by atoms with Gasteiger partial charge in [-0.25, -0.2) is 13.1 Å². The van der Waals surface area contributed by atoms with E-state index in [1.54, 1.807) is 30.3 Å². The molecule has 0 saturated heterocycles. The van der Waals surface area contributed by atoms with Gasteiger partial charge in [-0.05, 0) is 25.2 Å². The third-order valence-corrected chi connectivity index (χ3v) is 4.14. The van der Waals surface area contributed by atoms with Crippen LogP contribution in [-0.2, 0) is 10.0 Å². The fourth-order valence-corrected chi connectivity index (χ4v) is 2.60. The molecule has 0 aliphatic rings. The van der Waals surface area contributed by atoms with Crippen LogP contribution in [-0.4, -0.2) is 39.5 Å². The molecule has 0 atom stereocenters. The van der Waals surface area contributed by atoms with E-state index in [1.165, 1.54) is 0 Å². The van der Waals surface area contributed by atoms with Crippen molar-refractivity contribution in [2.24, 2.45) is 0 Å². The van der Waals surface area contributed by atoms with Crippen LogP contribution in [0.25, 0.3) is 0 Å². The molecule has 1 aromatic rings. The highest BCUT2D eigenvalue weighted by Gasteiger charge is 2.12. The molecule has 0 bridgehead atoms. The molecule has 1 rings (SSSR count). The molecule has 4 nitrogen and oxygen atoms in total. The Kier molecular flexibility index (Phi) is 5.61. The third kappa shape index (κ3) is 4.46. The van der Waals surface area contributed by atoms with Gasteiger partial charge in [0, 0.05) is 13.1 Å². The molecule has 1 aromatic carbocycles. The minimum absolute atomic E-state index is 0.319. The fraction of sp³-hybridized carbons (Fsp3) is 0.500. The lowest BCUT2D eigenvalue weighted by molar-refractivity contribution is 0.309. The minimum atomic E-state index is -3.35. The smallest absolute Gasteiger partial charge is 0.240 e. The average Bonchev–Trinajstić information content (AvgIpc) is 2.36. The highest BCUT2D eigenvalue weighted by Crippen LogP contribution is 2.06. The van der Waals surface area contributed by atoms with Gasteiger partial charge in [0.25, 0.3) is 0 Å². The Morgan fingerprint density at radius 1 is 1.12 bits per heavy atom. The van der Waals surface area contributed by atoms with E-state index in [0.717, 1.165) is 19.6 Å². The zero-order chi connectivity index (χ0) is 12.7. The molecule has 0 spiro atoms. The van der Waals surface area contributed by atoms with Crippen LogP contribution in [0.4, 0.5) is 0 Å². The summed E-state index contributed by atoms with van der Waals surface area (Å²) in [5.74, 6) is 0. The van der Waals surface area contributed by atoms with E-state index < -0.39 is 10.0 Å². The van der Waals surface area contributed by atoms with Gasteiger partial charge in [-0.1, -0.05) is 32.0 Å². The predicted octanol–water partition coefficient (Wildman–Crippen LogP) is 1.31. The Balaban J connectivity index is 2.52. The van der Waals surface area contributed by atoms with Crippen LogP contribution in [0.1, 0.15) is 13.8 Å². The molecule has 0 saturated carbocycles. The lowest BCUT2D eigenvalue weighted by Gasteiger charge is -2.17. The van der Waals surface area contributed by atoms with Gasteiger partial charge in [-0.15, -0.1) is 0 Å². The van der Waals surface area contributed by atoms with Crippen molar-refractivity contribution in [2.75, 3.05) is 26.2 Å². The predicted molar refractivity (Wildman–Crippen MR) is 69.4 cm³/mol. The van der Waals surface area contributed by atoms with Gasteiger partial charge in [0.2, 0.25) is 10.0 Å². The number of hydrogen-bond acceptors (Lipinski definition) is 3. The van der Waals surface area contributed by atoms with Crippen LogP contribution in [0.15, 0.2) is 35.2 Å². The topological polar surface area (TPSA) is 49.4 Å². The van der Waals surface area contributed by atoms with Crippen molar-refractivity contribution in [1.29, 1.82) is 0 Å². The van der Waals surface area contributed by atoms with E-state index in [0.29, 0.717) is 11.4 Å². The van der Waals surface area contributed by atoms with Gasteiger partial charge < -0.3 is 4.90 Å². The number of nitrogens with one attached hydrogen (secondary N) is 1. The van der Waals surface area contributed by atoms with Crippen molar-refractivity contribution in [2.45, 2.75) is 18.7 Å². The monoisotopic (exact) mass is 256 g/mol. The number of sulfonamides is 1. The molecule has 0 unspecified atom stereocenters. The van der Waals surface area contributed by atoms with E-state index in [1.807, 2.05) is 0 Å². The lowest BCUT2D eigenvalue weighted by atomic mass is 10.4. The maximum absolute atomic E-state index is 11.9. The van der Waals surface area contributed by atoms with Crippen molar-refractivity contribution in [3.8, 4) is 0 Å². The molecular weight excluding hydrogens is 236 g/mol. The molecule has 0 radical (unpaired) electrons. The summed E-state index contributed by atoms with van der Waals surface area (Å²) in [5, 5.41) is 0. The summed E-state index contributed by atoms with van der Waals surface area (Å²) < 4.78 is 26.3. The molecule has 0 aromatic heterocycles. The largest absolute Gasteiger partial charge is 0.303 e. The number of benzene rings is 1. The highest BCUT2D eigenvalue weighted by atomic mass is 32.2. The summed E-state index contributed by atoms with van der Waals surface area (Å²) in [7, 11) is -3.35. The highest BCUT2D eigenvalue weighted by molar-refractivity contribution is 7.89. The zero-order valence-electron chi connectivity index (χ0n) is 10.4. The van der Waals surface area contributed by atoms with E-state index in [2.05, 4.69) is 23.5 Å². The number of rotatable bonds is 7. The average molecular weight is 256 g/mol. The van der Waals surface area contributed by atoms with Crippen molar-refractivity contribution < 1.29 is 8.42 Å². The van der Waals surface area contributed by atoms with Crippen LogP contribution in [0, 0.1) is 0 Å². The van der Waals surface area contributed by atoms with Gasteiger partial charge in [-0.2, -0.15) is 0 Å². The molecular formula is C12H20N2O2S. The SMILES string of the molecule is CCN(CC)CCNS(=O)(=O)c1ccccc1. The normalized spacial score (nSPS) is 11.9. The summed E-state index contributed by atoms with van der Waals surface area (Å²) in [5.41, 5.74) is 0. The Hall–Kier alpha value is -0.910. The minimum Gasteiger partial charge on any atom is -0.303 e.